The van der Waals surface area contributed by atoms with E-state index in [4.69, 9.17) is 0 Å². The van der Waals surface area contributed by atoms with Gasteiger partial charge in [-0.1, -0.05) is 18.2 Å². The van der Waals surface area contributed by atoms with Crippen LogP contribution in [0.25, 0.3) is 0 Å². The molecule has 26 heavy (non-hydrogen) atoms. The Balaban J connectivity index is 1.79. The lowest BCUT2D eigenvalue weighted by atomic mass is 10.1. The third-order valence-electron chi connectivity index (χ3n) is 3.78. The van der Waals surface area contributed by atoms with Crippen molar-refractivity contribution < 1.29 is 22.8 Å². The molecule has 5 nitrogen and oxygen atoms in total. The van der Waals surface area contributed by atoms with Crippen molar-refractivity contribution in [2.75, 3.05) is 10.6 Å². The molecule has 0 heterocycles. The minimum Gasteiger partial charge on any atom is -0.335 e. The number of anilines is 2. The summed E-state index contributed by atoms with van der Waals surface area (Å²) in [6.45, 7) is 0. The number of urea groups is 1. The zero-order chi connectivity index (χ0) is 18.7. The number of hydrogen-bond acceptors (Lipinski definition) is 2. The molecule has 1 saturated carbocycles. The van der Waals surface area contributed by atoms with E-state index in [1.165, 1.54) is 6.07 Å². The number of benzene rings is 2. The van der Waals surface area contributed by atoms with Crippen LogP contribution >= 0.6 is 0 Å². The second-order valence-electron chi connectivity index (χ2n) is 5.95. The summed E-state index contributed by atoms with van der Waals surface area (Å²) in [5, 5.41) is 7.21. The van der Waals surface area contributed by atoms with Gasteiger partial charge in [-0.05, 0) is 43.2 Å². The lowest BCUT2D eigenvalue weighted by molar-refractivity contribution is -0.136. The lowest BCUT2D eigenvalue weighted by Crippen LogP contribution is -2.31. The van der Waals surface area contributed by atoms with E-state index in [0.717, 1.165) is 25.0 Å². The van der Waals surface area contributed by atoms with Gasteiger partial charge in [-0.3, -0.25) is 4.79 Å². The average Bonchev–Trinajstić information content (AvgIpc) is 3.40. The van der Waals surface area contributed by atoms with Crippen LogP contribution in [0.3, 0.4) is 0 Å². The van der Waals surface area contributed by atoms with Crippen molar-refractivity contribution in [2.45, 2.75) is 25.1 Å². The Hall–Kier alpha value is -3.03. The minimum atomic E-state index is -4.68. The standard InChI is InChI=1S/C18H16F3N3O2/c19-18(20,21)14-10-13(22-16(25)11-4-2-1-3-5-11)8-9-15(14)24-17(26)23-12-6-7-12/h1-5,8-10,12H,6-7H2,(H,22,25)(H2,23,24,26). The molecule has 1 aliphatic carbocycles. The van der Waals surface area contributed by atoms with Crippen LogP contribution in [0.15, 0.2) is 48.5 Å². The number of hydrogen-bond donors (Lipinski definition) is 3. The Morgan fingerprint density at radius 2 is 1.65 bits per heavy atom. The van der Waals surface area contributed by atoms with E-state index in [1.807, 2.05) is 0 Å². The quantitative estimate of drug-likeness (QED) is 0.760. The van der Waals surface area contributed by atoms with Crippen molar-refractivity contribution in [3.63, 3.8) is 0 Å². The lowest BCUT2D eigenvalue weighted by Gasteiger charge is -2.16. The molecule has 3 amide bonds. The van der Waals surface area contributed by atoms with Gasteiger partial charge in [-0.15, -0.1) is 0 Å². The molecule has 0 spiro atoms. The topological polar surface area (TPSA) is 70.2 Å². The van der Waals surface area contributed by atoms with E-state index in [2.05, 4.69) is 16.0 Å². The molecule has 1 aliphatic rings. The van der Waals surface area contributed by atoms with Crippen LogP contribution in [0.5, 0.6) is 0 Å². The van der Waals surface area contributed by atoms with Gasteiger partial charge in [0, 0.05) is 17.3 Å². The third kappa shape index (κ3) is 4.53. The summed E-state index contributed by atoms with van der Waals surface area (Å²) in [5.74, 6) is -0.522. The molecular weight excluding hydrogens is 347 g/mol. The van der Waals surface area contributed by atoms with Crippen LogP contribution in [0.4, 0.5) is 29.3 Å². The molecule has 3 N–H and O–H groups in total. The fourth-order valence-electron chi connectivity index (χ4n) is 2.33. The van der Waals surface area contributed by atoms with Gasteiger partial charge in [-0.2, -0.15) is 13.2 Å². The molecule has 0 aliphatic heterocycles. The normalized spacial score (nSPS) is 13.8. The highest BCUT2D eigenvalue weighted by atomic mass is 19.4. The predicted molar refractivity (Wildman–Crippen MR) is 91.0 cm³/mol. The zero-order valence-corrected chi connectivity index (χ0v) is 13.6. The molecule has 2 aromatic rings. The Morgan fingerprint density at radius 1 is 0.962 bits per heavy atom. The van der Waals surface area contributed by atoms with E-state index in [0.29, 0.717) is 5.56 Å². The minimum absolute atomic E-state index is 0.0145. The zero-order valence-electron chi connectivity index (χ0n) is 13.6. The molecule has 0 bridgehead atoms. The largest absolute Gasteiger partial charge is 0.418 e. The fraction of sp³-hybridized carbons (Fsp3) is 0.222. The van der Waals surface area contributed by atoms with E-state index in [1.54, 1.807) is 30.3 Å². The summed E-state index contributed by atoms with van der Waals surface area (Å²) >= 11 is 0. The van der Waals surface area contributed by atoms with Crippen molar-refractivity contribution >= 4 is 23.3 Å². The van der Waals surface area contributed by atoms with Crippen molar-refractivity contribution in [2.24, 2.45) is 0 Å². The fourth-order valence-corrected chi connectivity index (χ4v) is 2.33. The summed E-state index contributed by atoms with van der Waals surface area (Å²) in [7, 11) is 0. The maximum atomic E-state index is 13.3. The first-order chi connectivity index (χ1) is 12.3. The second kappa shape index (κ2) is 7.07. The summed E-state index contributed by atoms with van der Waals surface area (Å²) in [4.78, 5) is 23.8. The number of carbonyl (C=O) groups excluding carboxylic acids is 2. The Morgan fingerprint density at radius 3 is 2.27 bits per heavy atom. The maximum Gasteiger partial charge on any atom is 0.418 e. The van der Waals surface area contributed by atoms with Gasteiger partial charge in [0.1, 0.15) is 0 Å². The van der Waals surface area contributed by atoms with Crippen LogP contribution in [-0.2, 0) is 6.18 Å². The summed E-state index contributed by atoms with van der Waals surface area (Å²) in [6, 6.07) is 10.7. The predicted octanol–water partition coefficient (Wildman–Crippen LogP) is 4.24. The van der Waals surface area contributed by atoms with Crippen LogP contribution in [-0.4, -0.2) is 18.0 Å². The van der Waals surface area contributed by atoms with Crippen LogP contribution in [0.1, 0.15) is 28.8 Å². The van der Waals surface area contributed by atoms with Gasteiger partial charge >= 0.3 is 12.2 Å². The van der Waals surface area contributed by atoms with Gasteiger partial charge < -0.3 is 16.0 Å². The number of nitrogens with one attached hydrogen (secondary N) is 3. The molecule has 0 radical (unpaired) electrons. The Labute approximate surface area is 147 Å². The summed E-state index contributed by atoms with van der Waals surface area (Å²) < 4.78 is 40.0. The number of amides is 3. The maximum absolute atomic E-state index is 13.3. The Kier molecular flexibility index (Phi) is 4.83. The van der Waals surface area contributed by atoms with Crippen molar-refractivity contribution in [1.82, 2.24) is 5.32 Å². The van der Waals surface area contributed by atoms with Crippen molar-refractivity contribution in [1.29, 1.82) is 0 Å². The highest BCUT2D eigenvalue weighted by Gasteiger charge is 2.35. The van der Waals surface area contributed by atoms with E-state index < -0.39 is 23.7 Å². The molecular formula is C18H16F3N3O2. The molecule has 2 aromatic carbocycles. The number of carbonyl (C=O) groups is 2. The smallest absolute Gasteiger partial charge is 0.335 e. The number of halogens is 3. The molecule has 0 unspecified atom stereocenters. The number of alkyl halides is 3. The first-order valence-corrected chi connectivity index (χ1v) is 7.98. The molecule has 0 atom stereocenters. The number of rotatable bonds is 4. The van der Waals surface area contributed by atoms with Crippen LogP contribution < -0.4 is 16.0 Å². The van der Waals surface area contributed by atoms with E-state index >= 15 is 0 Å². The van der Waals surface area contributed by atoms with Gasteiger partial charge in [-0.25, -0.2) is 4.79 Å². The molecule has 136 valence electrons. The first kappa shape index (κ1) is 17.8. The van der Waals surface area contributed by atoms with Gasteiger partial charge in [0.05, 0.1) is 11.3 Å². The molecule has 3 rings (SSSR count). The van der Waals surface area contributed by atoms with E-state index in [-0.39, 0.29) is 17.4 Å². The average molecular weight is 363 g/mol. The van der Waals surface area contributed by atoms with Gasteiger partial charge in [0.2, 0.25) is 0 Å². The Bertz CT molecular complexity index is 818. The molecule has 8 heteroatoms. The summed E-state index contributed by atoms with van der Waals surface area (Å²) in [6.07, 6.45) is -3.04. The second-order valence-corrected chi connectivity index (χ2v) is 5.95. The van der Waals surface area contributed by atoms with Crippen molar-refractivity contribution in [3.05, 3.63) is 59.7 Å². The third-order valence-corrected chi connectivity index (χ3v) is 3.78. The van der Waals surface area contributed by atoms with Gasteiger partial charge in [0.15, 0.2) is 0 Å². The molecule has 0 aromatic heterocycles. The van der Waals surface area contributed by atoms with E-state index in [9.17, 15) is 22.8 Å². The monoisotopic (exact) mass is 363 g/mol. The highest BCUT2D eigenvalue weighted by Crippen LogP contribution is 2.36. The summed E-state index contributed by atoms with van der Waals surface area (Å²) in [5.41, 5.74) is -1.09. The molecule has 0 saturated heterocycles. The SMILES string of the molecule is O=C(Nc1ccc(NC(=O)c2ccccc2)cc1C(F)(F)F)NC1CC1. The molecule has 1 fully saturated rings. The van der Waals surface area contributed by atoms with Crippen LogP contribution in [0.2, 0.25) is 0 Å². The van der Waals surface area contributed by atoms with Gasteiger partial charge in [0.25, 0.3) is 5.91 Å². The van der Waals surface area contributed by atoms with Crippen molar-refractivity contribution in [3.8, 4) is 0 Å². The first-order valence-electron chi connectivity index (χ1n) is 7.98. The highest BCUT2D eigenvalue weighted by molar-refractivity contribution is 6.04. The van der Waals surface area contributed by atoms with Crippen LogP contribution in [0, 0.1) is 0 Å².